The van der Waals surface area contributed by atoms with Gasteiger partial charge in [-0.05, 0) is 80.5 Å². The average molecular weight is 448 g/mol. The molecule has 1 amide bonds. The Bertz CT molecular complexity index is 1200. The molecule has 6 heteroatoms. The first-order chi connectivity index (χ1) is 15.5. The van der Waals surface area contributed by atoms with Crippen molar-refractivity contribution >= 4 is 28.3 Å². The van der Waals surface area contributed by atoms with Crippen LogP contribution in [0.2, 0.25) is 0 Å². The molecular formula is C26H29N3O2S. The lowest BCUT2D eigenvalue weighted by Gasteiger charge is -2.16. The van der Waals surface area contributed by atoms with Crippen LogP contribution in [0.1, 0.15) is 52.4 Å². The number of amides is 1. The molecule has 0 spiro atoms. The largest absolute Gasteiger partial charge is 0.494 e. The number of ether oxygens (including phenoxy) is 1. The van der Waals surface area contributed by atoms with Crippen LogP contribution >= 0.6 is 11.3 Å². The number of carbonyl (C=O) groups excluding carboxylic acids is 1. The van der Waals surface area contributed by atoms with Gasteiger partial charge in [0.1, 0.15) is 11.6 Å². The second-order valence-electron chi connectivity index (χ2n) is 8.08. The highest BCUT2D eigenvalue weighted by atomic mass is 32.1. The summed E-state index contributed by atoms with van der Waals surface area (Å²) < 4.78 is 8.17. The van der Waals surface area contributed by atoms with E-state index in [2.05, 4.69) is 41.9 Å². The lowest BCUT2D eigenvalue weighted by Crippen LogP contribution is -2.28. The molecule has 1 N–H and O–H groups in total. The molecule has 0 bridgehead atoms. The van der Waals surface area contributed by atoms with E-state index >= 15 is 0 Å². The average Bonchev–Trinajstić information content (AvgIpc) is 3.44. The summed E-state index contributed by atoms with van der Waals surface area (Å²) in [7, 11) is 0. The number of aryl methyl sites for hydroxylation is 3. The molecule has 0 aliphatic heterocycles. The van der Waals surface area contributed by atoms with Gasteiger partial charge in [-0.25, -0.2) is 4.98 Å². The van der Waals surface area contributed by atoms with Crippen LogP contribution in [0.3, 0.4) is 0 Å². The fourth-order valence-corrected chi connectivity index (χ4v) is 4.39. The number of hydrogen-bond acceptors (Lipinski definition) is 4. The first-order valence-electron chi connectivity index (χ1n) is 11.0. The molecule has 0 aliphatic rings. The molecule has 4 rings (SSSR count). The number of nitrogens with zero attached hydrogens (tertiary/aromatic N) is 2. The lowest BCUT2D eigenvalue weighted by atomic mass is 10.1. The Morgan fingerprint density at radius 3 is 2.72 bits per heavy atom. The zero-order chi connectivity index (χ0) is 22.5. The van der Waals surface area contributed by atoms with Gasteiger partial charge in [0, 0.05) is 6.54 Å². The van der Waals surface area contributed by atoms with Crippen LogP contribution in [0.15, 0.2) is 60.0 Å². The van der Waals surface area contributed by atoms with E-state index in [0.717, 1.165) is 42.0 Å². The van der Waals surface area contributed by atoms with E-state index in [1.54, 1.807) is 0 Å². The maximum absolute atomic E-state index is 12.5. The van der Waals surface area contributed by atoms with Crippen LogP contribution in [-0.4, -0.2) is 22.1 Å². The SMILES string of the molecule is Cc1ccc(OCCCCn2c(C(C)NC(=O)c3cccs3)nc3ccccc32)cc1C. The molecule has 0 saturated carbocycles. The van der Waals surface area contributed by atoms with E-state index in [1.807, 2.05) is 48.7 Å². The van der Waals surface area contributed by atoms with Gasteiger partial charge in [-0.1, -0.05) is 24.3 Å². The Hall–Kier alpha value is -3.12. The first kappa shape index (κ1) is 22.1. The molecule has 0 radical (unpaired) electrons. The minimum absolute atomic E-state index is 0.0621. The zero-order valence-electron chi connectivity index (χ0n) is 18.8. The smallest absolute Gasteiger partial charge is 0.261 e. The van der Waals surface area contributed by atoms with Gasteiger partial charge in [-0.15, -0.1) is 11.3 Å². The highest BCUT2D eigenvalue weighted by molar-refractivity contribution is 7.12. The molecule has 32 heavy (non-hydrogen) atoms. The second-order valence-corrected chi connectivity index (χ2v) is 9.03. The predicted octanol–water partition coefficient (Wildman–Crippen LogP) is 6.06. The van der Waals surface area contributed by atoms with Crippen molar-refractivity contribution in [3.8, 4) is 5.75 Å². The quantitative estimate of drug-likeness (QED) is 0.317. The van der Waals surface area contributed by atoms with E-state index in [9.17, 15) is 4.79 Å². The number of nitrogens with one attached hydrogen (secondary N) is 1. The van der Waals surface area contributed by atoms with Crippen LogP contribution in [0.25, 0.3) is 11.0 Å². The molecule has 2 heterocycles. The second kappa shape index (κ2) is 10.0. The number of thiophene rings is 1. The Morgan fingerprint density at radius 1 is 1.09 bits per heavy atom. The van der Waals surface area contributed by atoms with Crippen molar-refractivity contribution in [3.63, 3.8) is 0 Å². The minimum Gasteiger partial charge on any atom is -0.494 e. The number of benzene rings is 2. The van der Waals surface area contributed by atoms with Gasteiger partial charge < -0.3 is 14.6 Å². The third kappa shape index (κ3) is 5.02. The molecule has 166 valence electrons. The van der Waals surface area contributed by atoms with Crippen LogP contribution in [0, 0.1) is 13.8 Å². The van der Waals surface area contributed by atoms with E-state index < -0.39 is 0 Å². The van der Waals surface area contributed by atoms with Gasteiger partial charge in [0.2, 0.25) is 0 Å². The Kier molecular flexibility index (Phi) is 6.90. The van der Waals surface area contributed by atoms with Gasteiger partial charge in [-0.3, -0.25) is 4.79 Å². The van der Waals surface area contributed by atoms with Crippen molar-refractivity contribution in [2.75, 3.05) is 6.61 Å². The molecule has 2 aromatic carbocycles. The maximum atomic E-state index is 12.5. The summed E-state index contributed by atoms with van der Waals surface area (Å²) in [6.45, 7) is 7.70. The summed E-state index contributed by atoms with van der Waals surface area (Å²) in [6.07, 6.45) is 1.90. The Balaban J connectivity index is 1.40. The van der Waals surface area contributed by atoms with E-state index in [0.29, 0.717) is 11.5 Å². The highest BCUT2D eigenvalue weighted by Crippen LogP contribution is 2.23. The molecule has 4 aromatic rings. The van der Waals surface area contributed by atoms with Gasteiger partial charge in [0.25, 0.3) is 5.91 Å². The fraction of sp³-hybridized carbons (Fsp3) is 0.308. The van der Waals surface area contributed by atoms with Gasteiger partial charge in [0.05, 0.1) is 28.6 Å². The number of para-hydroxylation sites is 2. The monoisotopic (exact) mass is 447 g/mol. The summed E-state index contributed by atoms with van der Waals surface area (Å²) in [6, 6.07) is 17.9. The molecule has 2 aromatic heterocycles. The standard InChI is InChI=1S/C26H29N3O2S/c1-18-12-13-21(17-19(18)2)31-15-7-6-14-29-23-10-5-4-9-22(23)28-25(29)20(3)27-26(30)24-11-8-16-32-24/h4-5,8-13,16-17,20H,6-7,14-15H2,1-3H3,(H,27,30). The summed E-state index contributed by atoms with van der Waals surface area (Å²) in [5.74, 6) is 1.74. The Labute approximate surface area is 193 Å². The normalized spacial score (nSPS) is 12.1. The predicted molar refractivity (Wildman–Crippen MR) is 131 cm³/mol. The molecule has 1 atom stereocenters. The third-order valence-corrected chi connectivity index (χ3v) is 6.56. The van der Waals surface area contributed by atoms with E-state index in [4.69, 9.17) is 9.72 Å². The lowest BCUT2D eigenvalue weighted by molar-refractivity contribution is 0.0941. The van der Waals surface area contributed by atoms with Crippen molar-refractivity contribution in [1.29, 1.82) is 0 Å². The number of unbranched alkanes of at least 4 members (excludes halogenated alkanes) is 1. The minimum atomic E-state index is -0.191. The topological polar surface area (TPSA) is 56.1 Å². The van der Waals surface area contributed by atoms with E-state index in [-0.39, 0.29) is 11.9 Å². The molecule has 5 nitrogen and oxygen atoms in total. The molecule has 0 aliphatic carbocycles. The number of imidazole rings is 1. The highest BCUT2D eigenvalue weighted by Gasteiger charge is 2.19. The number of rotatable bonds is 9. The Morgan fingerprint density at radius 2 is 1.94 bits per heavy atom. The van der Waals surface area contributed by atoms with Crippen molar-refractivity contribution in [2.24, 2.45) is 0 Å². The van der Waals surface area contributed by atoms with Gasteiger partial charge in [-0.2, -0.15) is 0 Å². The summed E-state index contributed by atoms with van der Waals surface area (Å²) in [4.78, 5) is 18.1. The van der Waals surface area contributed by atoms with Crippen molar-refractivity contribution in [3.05, 3.63) is 81.8 Å². The summed E-state index contributed by atoms with van der Waals surface area (Å²) >= 11 is 1.44. The molecule has 0 saturated heterocycles. The third-order valence-electron chi connectivity index (χ3n) is 5.69. The van der Waals surface area contributed by atoms with Crippen LogP contribution in [0.4, 0.5) is 0 Å². The number of fused-ring (bicyclic) bond motifs is 1. The fourth-order valence-electron chi connectivity index (χ4n) is 3.77. The van der Waals surface area contributed by atoms with Crippen molar-refractivity contribution in [2.45, 2.75) is 46.2 Å². The van der Waals surface area contributed by atoms with Crippen molar-refractivity contribution in [1.82, 2.24) is 14.9 Å². The molecule has 0 fully saturated rings. The maximum Gasteiger partial charge on any atom is 0.261 e. The number of aromatic nitrogens is 2. The number of carbonyl (C=O) groups is 1. The molecule has 1 unspecified atom stereocenters. The van der Waals surface area contributed by atoms with Crippen LogP contribution in [0.5, 0.6) is 5.75 Å². The van der Waals surface area contributed by atoms with Crippen molar-refractivity contribution < 1.29 is 9.53 Å². The molecular weight excluding hydrogens is 418 g/mol. The number of hydrogen-bond donors (Lipinski definition) is 1. The van der Waals surface area contributed by atoms with Crippen LogP contribution < -0.4 is 10.1 Å². The van der Waals surface area contributed by atoms with E-state index in [1.165, 1.54) is 22.5 Å². The first-order valence-corrected chi connectivity index (χ1v) is 11.9. The summed E-state index contributed by atoms with van der Waals surface area (Å²) in [5, 5.41) is 5.01. The van der Waals surface area contributed by atoms with Gasteiger partial charge >= 0.3 is 0 Å². The zero-order valence-corrected chi connectivity index (χ0v) is 19.6. The van der Waals surface area contributed by atoms with Gasteiger partial charge in [0.15, 0.2) is 0 Å². The van der Waals surface area contributed by atoms with Crippen LogP contribution in [-0.2, 0) is 6.54 Å². The summed E-state index contributed by atoms with van der Waals surface area (Å²) in [5.41, 5.74) is 4.56.